The van der Waals surface area contributed by atoms with Crippen molar-refractivity contribution in [3.05, 3.63) is 35.5 Å². The molecular formula is C17H24N5O2Y-. The molecule has 1 aliphatic heterocycles. The second-order valence-corrected chi connectivity index (χ2v) is 6.93. The Morgan fingerprint density at radius 3 is 2.68 bits per heavy atom. The second-order valence-electron chi connectivity index (χ2n) is 6.93. The maximum Gasteiger partial charge on any atom is 0.410 e. The van der Waals surface area contributed by atoms with Gasteiger partial charge in [0.25, 0.3) is 0 Å². The summed E-state index contributed by atoms with van der Waals surface area (Å²) in [6, 6.07) is 4.02. The fraction of sp³-hybridized carbons (Fsp3) is 0.529. The summed E-state index contributed by atoms with van der Waals surface area (Å²) < 4.78 is 5.41. The Balaban J connectivity index is 0.00000225. The van der Waals surface area contributed by atoms with E-state index < -0.39 is 5.60 Å². The summed E-state index contributed by atoms with van der Waals surface area (Å²) in [5.41, 5.74) is 6.24. The summed E-state index contributed by atoms with van der Waals surface area (Å²) in [5, 5.41) is 3.13. The molecule has 0 bridgehead atoms. The number of fused-ring (bicyclic) bond motifs is 1. The Hall–Kier alpha value is -1.02. The number of ether oxygens (including phenoxy) is 1. The fourth-order valence-electron chi connectivity index (χ4n) is 2.68. The minimum absolute atomic E-state index is 0. The number of nitrogens with one attached hydrogen (secondary N) is 1. The molecule has 2 aromatic rings. The third-order valence-electron chi connectivity index (χ3n) is 3.90. The molecule has 3 heterocycles. The van der Waals surface area contributed by atoms with Crippen molar-refractivity contribution >= 4 is 17.1 Å². The molecule has 0 aromatic carbocycles. The molecule has 133 valence electrons. The number of hydrogen-bond acceptors (Lipinski definition) is 4. The first kappa shape index (κ1) is 20.3. The molecule has 0 spiro atoms. The van der Waals surface area contributed by atoms with E-state index in [2.05, 4.69) is 15.4 Å². The quantitative estimate of drug-likeness (QED) is 0.830. The van der Waals surface area contributed by atoms with Gasteiger partial charge in [-0.15, -0.1) is 6.54 Å². The Morgan fingerprint density at radius 2 is 2.00 bits per heavy atom. The minimum atomic E-state index is -0.456. The number of amides is 1. The van der Waals surface area contributed by atoms with Gasteiger partial charge in [-0.25, -0.2) is 9.78 Å². The molecule has 1 N–H and O–H groups in total. The Morgan fingerprint density at radius 1 is 1.28 bits per heavy atom. The summed E-state index contributed by atoms with van der Waals surface area (Å²) in [4.78, 5) is 21.2. The van der Waals surface area contributed by atoms with Gasteiger partial charge in [0.15, 0.2) is 0 Å². The number of piperazine rings is 1. The van der Waals surface area contributed by atoms with Gasteiger partial charge < -0.3 is 25.1 Å². The molecule has 0 atom stereocenters. The van der Waals surface area contributed by atoms with Crippen molar-refractivity contribution in [2.24, 2.45) is 0 Å². The van der Waals surface area contributed by atoms with Crippen LogP contribution in [0.4, 0.5) is 4.79 Å². The number of aromatic nitrogens is 2. The number of aromatic amines is 1. The van der Waals surface area contributed by atoms with Gasteiger partial charge in [0, 0.05) is 63.6 Å². The van der Waals surface area contributed by atoms with Gasteiger partial charge in [0.2, 0.25) is 0 Å². The van der Waals surface area contributed by atoms with E-state index in [9.17, 15) is 4.79 Å². The topological polar surface area (TPSA) is 75.6 Å². The van der Waals surface area contributed by atoms with E-state index in [4.69, 9.17) is 4.74 Å². The Kier molecular flexibility index (Phi) is 6.97. The first-order valence-electron chi connectivity index (χ1n) is 8.24. The molecular weight excluding hydrogens is 395 g/mol. The van der Waals surface area contributed by atoms with Crippen LogP contribution in [-0.4, -0.2) is 57.8 Å². The first-order chi connectivity index (χ1) is 11.4. The summed E-state index contributed by atoms with van der Waals surface area (Å²) in [6.07, 6.45) is 3.44. The van der Waals surface area contributed by atoms with Crippen LogP contribution in [0.3, 0.4) is 0 Å². The maximum atomic E-state index is 12.1. The van der Waals surface area contributed by atoms with Crippen molar-refractivity contribution in [1.82, 2.24) is 19.9 Å². The largest absolute Gasteiger partial charge is 0.591 e. The van der Waals surface area contributed by atoms with Crippen molar-refractivity contribution < 1.29 is 42.2 Å². The zero-order valence-corrected chi connectivity index (χ0v) is 17.9. The van der Waals surface area contributed by atoms with E-state index in [-0.39, 0.29) is 38.8 Å². The monoisotopic (exact) mass is 419 g/mol. The predicted molar refractivity (Wildman–Crippen MR) is 92.5 cm³/mol. The number of carbonyl (C=O) groups excluding carboxylic acids is 1. The van der Waals surface area contributed by atoms with Crippen molar-refractivity contribution in [2.45, 2.75) is 32.9 Å². The second kappa shape index (κ2) is 8.58. The van der Waals surface area contributed by atoms with Gasteiger partial charge >= 0.3 is 6.09 Å². The van der Waals surface area contributed by atoms with E-state index in [1.807, 2.05) is 44.1 Å². The molecule has 3 rings (SSSR count). The van der Waals surface area contributed by atoms with Gasteiger partial charge in [0.1, 0.15) is 11.2 Å². The number of pyridine rings is 1. The minimum Gasteiger partial charge on any atom is -0.591 e. The number of H-pyrrole nitrogens is 1. The molecule has 0 saturated carbocycles. The maximum absolute atomic E-state index is 12.1. The molecule has 8 heteroatoms. The molecule has 1 aliphatic rings. The van der Waals surface area contributed by atoms with E-state index in [1.165, 1.54) is 0 Å². The zero-order chi connectivity index (χ0) is 17.2. The van der Waals surface area contributed by atoms with Gasteiger partial charge in [-0.05, 0) is 46.0 Å². The fourth-order valence-corrected chi connectivity index (χ4v) is 2.68. The molecule has 1 amide bonds. The van der Waals surface area contributed by atoms with Gasteiger partial charge in [-0.1, -0.05) is 5.56 Å². The van der Waals surface area contributed by atoms with E-state index in [1.54, 1.807) is 11.1 Å². The van der Waals surface area contributed by atoms with Crippen LogP contribution in [0.15, 0.2) is 24.5 Å². The molecule has 2 aromatic heterocycles. The number of rotatable bonds is 3. The van der Waals surface area contributed by atoms with Gasteiger partial charge in [-0.2, -0.15) is 0 Å². The molecule has 0 unspecified atom stereocenters. The van der Waals surface area contributed by atoms with Crippen molar-refractivity contribution in [3.63, 3.8) is 0 Å². The molecule has 0 aliphatic carbocycles. The standard InChI is InChI=1S/C17H24N5O2.Y/c1-17(2,3)24-16(23)21-8-10-22(11-9-21)20-12-13-4-6-18-15-14(13)5-7-19-15;/h4-7H,8-12H2,1-3H3,(H,18,19);/q-1;. The van der Waals surface area contributed by atoms with Crippen LogP contribution in [0.2, 0.25) is 0 Å². The van der Waals surface area contributed by atoms with Crippen LogP contribution >= 0.6 is 0 Å². The number of nitrogens with zero attached hydrogens (tertiary/aromatic N) is 4. The summed E-state index contributed by atoms with van der Waals surface area (Å²) in [5.74, 6) is 0. The summed E-state index contributed by atoms with van der Waals surface area (Å²) in [7, 11) is 0. The average molecular weight is 419 g/mol. The summed E-state index contributed by atoms with van der Waals surface area (Å²) >= 11 is 0. The molecule has 25 heavy (non-hydrogen) atoms. The number of hydrogen-bond donors (Lipinski definition) is 1. The van der Waals surface area contributed by atoms with E-state index in [0.29, 0.717) is 19.6 Å². The third-order valence-corrected chi connectivity index (χ3v) is 3.90. The van der Waals surface area contributed by atoms with Crippen LogP contribution in [0.5, 0.6) is 0 Å². The average Bonchev–Trinajstić information content (AvgIpc) is 3.01. The van der Waals surface area contributed by atoms with Crippen LogP contribution in [0, 0.1) is 0 Å². The predicted octanol–water partition coefficient (Wildman–Crippen LogP) is 2.90. The van der Waals surface area contributed by atoms with Crippen molar-refractivity contribution in [1.29, 1.82) is 0 Å². The zero-order valence-electron chi connectivity index (χ0n) is 15.0. The van der Waals surface area contributed by atoms with E-state index >= 15 is 0 Å². The van der Waals surface area contributed by atoms with Crippen LogP contribution < -0.4 is 0 Å². The van der Waals surface area contributed by atoms with Crippen LogP contribution in [0.1, 0.15) is 26.3 Å². The molecule has 1 radical (unpaired) electrons. The van der Waals surface area contributed by atoms with Crippen LogP contribution in [0.25, 0.3) is 16.5 Å². The SMILES string of the molecule is CC(C)(C)OC(=O)N1CCN([N-]Cc2ccnc3[nH]ccc23)CC1.[Y]. The van der Waals surface area contributed by atoms with E-state index in [0.717, 1.165) is 29.7 Å². The molecule has 7 nitrogen and oxygen atoms in total. The normalized spacial score (nSPS) is 15.9. The van der Waals surface area contributed by atoms with Gasteiger partial charge in [0.05, 0.1) is 0 Å². The smallest absolute Gasteiger partial charge is 0.410 e. The molecule has 1 fully saturated rings. The van der Waals surface area contributed by atoms with Crippen LogP contribution in [-0.2, 0) is 44.0 Å². The number of carbonyl (C=O) groups is 1. The van der Waals surface area contributed by atoms with Crippen molar-refractivity contribution in [3.8, 4) is 0 Å². The Bertz CT molecular complexity index is 704. The Labute approximate surface area is 173 Å². The third kappa shape index (κ3) is 5.48. The molecule has 1 saturated heterocycles. The van der Waals surface area contributed by atoms with Crippen molar-refractivity contribution in [2.75, 3.05) is 26.2 Å². The van der Waals surface area contributed by atoms with Gasteiger partial charge in [-0.3, -0.25) is 0 Å². The first-order valence-corrected chi connectivity index (χ1v) is 8.24. The summed E-state index contributed by atoms with van der Waals surface area (Å²) in [6.45, 7) is 8.97.